The van der Waals surface area contributed by atoms with Crippen LogP contribution in [0.2, 0.25) is 0 Å². The van der Waals surface area contributed by atoms with Gasteiger partial charge in [0.15, 0.2) is 0 Å². The fraction of sp³-hybridized carbons (Fsp3) is 0.533. The fourth-order valence-electron chi connectivity index (χ4n) is 4.24. The van der Waals surface area contributed by atoms with Crippen molar-refractivity contribution in [1.82, 2.24) is 20.1 Å². The Morgan fingerprint density at radius 3 is 2.08 bits per heavy atom. The normalized spacial score (nSPS) is 13.7. The Morgan fingerprint density at radius 2 is 1.55 bits per heavy atom. The van der Waals surface area contributed by atoms with E-state index in [4.69, 9.17) is 0 Å². The van der Waals surface area contributed by atoms with Crippen molar-refractivity contribution >= 4 is 21.8 Å². The molecule has 0 spiro atoms. The number of benzene rings is 2. The van der Waals surface area contributed by atoms with E-state index in [0.29, 0.717) is 6.42 Å². The van der Waals surface area contributed by atoms with Crippen molar-refractivity contribution in [2.24, 2.45) is 11.3 Å². The largest absolute Gasteiger partial charge is 0.390 e. The highest BCUT2D eigenvalue weighted by molar-refractivity contribution is 7.89. The van der Waals surface area contributed by atoms with E-state index in [0.717, 1.165) is 5.56 Å². The number of nitrogens with zero attached hydrogens (tertiary/aromatic N) is 2. The van der Waals surface area contributed by atoms with Gasteiger partial charge in [-0.25, -0.2) is 13.4 Å². The van der Waals surface area contributed by atoms with Crippen molar-refractivity contribution in [3.05, 3.63) is 66.2 Å². The highest BCUT2D eigenvalue weighted by atomic mass is 32.2. The van der Waals surface area contributed by atoms with Crippen LogP contribution in [0.1, 0.15) is 53.0 Å². The third-order valence-corrected chi connectivity index (χ3v) is 8.20. The van der Waals surface area contributed by atoms with Crippen molar-refractivity contribution in [2.75, 3.05) is 26.7 Å². The van der Waals surface area contributed by atoms with Crippen molar-refractivity contribution < 1.29 is 23.1 Å². The second-order valence-corrected chi connectivity index (χ2v) is 13.7. The van der Waals surface area contributed by atoms with Crippen molar-refractivity contribution in [3.8, 4) is 0 Å². The summed E-state index contributed by atoms with van der Waals surface area (Å²) in [5, 5.41) is 15.7. The first-order valence-electron chi connectivity index (χ1n) is 13.8. The Hall–Kier alpha value is -2.79. The van der Waals surface area contributed by atoms with Crippen molar-refractivity contribution in [3.63, 3.8) is 0 Å². The number of nitrogens with one attached hydrogen (secondary N) is 2. The lowest BCUT2D eigenvalue weighted by molar-refractivity contribution is -0.149. The molecule has 0 fully saturated rings. The quantitative estimate of drug-likeness (QED) is 0.298. The van der Waals surface area contributed by atoms with Gasteiger partial charge in [0.2, 0.25) is 15.9 Å². The molecule has 2 rings (SSSR count). The molecule has 222 valence electrons. The van der Waals surface area contributed by atoms with E-state index < -0.39 is 28.1 Å². The number of likely N-dealkylation sites (N-methyl/N-ethyl adjacent to an activating group) is 1. The molecule has 0 aliphatic carbocycles. The van der Waals surface area contributed by atoms with E-state index in [1.165, 1.54) is 21.4 Å². The zero-order valence-corrected chi connectivity index (χ0v) is 25.4. The molecule has 2 atom stereocenters. The average molecular weight is 575 g/mol. The minimum Gasteiger partial charge on any atom is -0.390 e. The first-order chi connectivity index (χ1) is 18.7. The second-order valence-electron chi connectivity index (χ2n) is 11.7. The predicted molar refractivity (Wildman–Crippen MR) is 158 cm³/mol. The molecular weight excluding hydrogens is 528 g/mol. The molecule has 0 aromatic heterocycles. The topological polar surface area (TPSA) is 119 Å². The molecule has 0 bridgehead atoms. The van der Waals surface area contributed by atoms with Gasteiger partial charge in [0, 0.05) is 19.5 Å². The average Bonchev–Trinajstić information content (AvgIpc) is 2.88. The summed E-state index contributed by atoms with van der Waals surface area (Å²) in [4.78, 5) is 26.4. The van der Waals surface area contributed by atoms with E-state index in [2.05, 4.69) is 10.7 Å². The van der Waals surface area contributed by atoms with Gasteiger partial charge in [-0.2, -0.15) is 4.31 Å². The number of hydrazine groups is 1. The molecule has 40 heavy (non-hydrogen) atoms. The lowest BCUT2D eigenvalue weighted by Crippen LogP contribution is -2.60. The molecule has 10 heteroatoms. The zero-order valence-electron chi connectivity index (χ0n) is 24.6. The first kappa shape index (κ1) is 33.4. The molecule has 0 heterocycles. The lowest BCUT2D eigenvalue weighted by atomic mass is 9.91. The van der Waals surface area contributed by atoms with Crippen LogP contribution in [0.4, 0.5) is 0 Å². The number of amides is 2. The molecular formula is C30H46N4O5S. The van der Waals surface area contributed by atoms with E-state index in [9.17, 15) is 23.1 Å². The molecule has 2 aromatic carbocycles. The van der Waals surface area contributed by atoms with Gasteiger partial charge in [-0.15, -0.1) is 0 Å². The van der Waals surface area contributed by atoms with Crippen LogP contribution in [0.15, 0.2) is 65.6 Å². The minimum absolute atomic E-state index is 0.0314. The third kappa shape index (κ3) is 10.6. The Bertz CT molecular complexity index is 1170. The van der Waals surface area contributed by atoms with Crippen molar-refractivity contribution in [2.45, 2.75) is 70.9 Å². The van der Waals surface area contributed by atoms with Crippen LogP contribution in [0.5, 0.6) is 0 Å². The third-order valence-electron chi connectivity index (χ3n) is 6.32. The van der Waals surface area contributed by atoms with Crippen molar-refractivity contribution in [1.29, 1.82) is 0 Å². The Kier molecular flexibility index (Phi) is 12.8. The SMILES string of the molecule is CNCC(=O)NN(C(=O)CC(C)(C)C)C(Cc1ccccc1)[C@H](O)CN(CCC(C)C)S(=O)(=O)c1ccccc1. The van der Waals surface area contributed by atoms with Crippen LogP contribution < -0.4 is 10.7 Å². The van der Waals surface area contributed by atoms with E-state index in [1.807, 2.05) is 65.0 Å². The number of hydrogen-bond donors (Lipinski definition) is 3. The number of hydrogen-bond acceptors (Lipinski definition) is 6. The van der Waals surface area contributed by atoms with E-state index >= 15 is 0 Å². The molecule has 0 radical (unpaired) electrons. The molecule has 2 amide bonds. The van der Waals surface area contributed by atoms with Gasteiger partial charge in [0.25, 0.3) is 5.91 Å². The molecule has 9 nitrogen and oxygen atoms in total. The number of carbonyl (C=O) groups is 2. The number of aliphatic hydroxyl groups is 1. The van der Waals surface area contributed by atoms with E-state index in [-0.39, 0.29) is 54.6 Å². The molecule has 0 aliphatic heterocycles. The molecule has 2 aromatic rings. The maximum absolute atomic E-state index is 13.7. The standard InChI is InChI=1S/C30H46N4O5S/c1-23(2)17-18-33(40(38,39)25-15-11-8-12-16-25)22-27(35)26(19-24-13-9-7-10-14-24)34(32-28(36)21-31-6)29(37)20-30(3,4)5/h7-16,23,26-27,31,35H,17-22H2,1-6H3,(H,32,36)/t26?,27-/m1/s1. The minimum atomic E-state index is -3.93. The summed E-state index contributed by atoms with van der Waals surface area (Å²) in [5.74, 6) is -0.573. The van der Waals surface area contributed by atoms with Crippen LogP contribution >= 0.6 is 0 Å². The highest BCUT2D eigenvalue weighted by Crippen LogP contribution is 2.24. The van der Waals surface area contributed by atoms with Crippen LogP contribution in [-0.4, -0.2) is 73.5 Å². The number of sulfonamides is 1. The van der Waals surface area contributed by atoms with Crippen LogP contribution in [-0.2, 0) is 26.0 Å². The number of rotatable bonds is 14. The zero-order chi connectivity index (χ0) is 29.9. The molecule has 3 N–H and O–H groups in total. The van der Waals surface area contributed by atoms with Crippen LogP contribution in [0, 0.1) is 11.3 Å². The summed E-state index contributed by atoms with van der Waals surface area (Å²) in [5.41, 5.74) is 3.14. The second kappa shape index (κ2) is 15.3. The number of carbonyl (C=O) groups excluding carboxylic acids is 2. The van der Waals surface area contributed by atoms with Gasteiger partial charge in [-0.3, -0.25) is 15.0 Å². The van der Waals surface area contributed by atoms with Gasteiger partial charge >= 0.3 is 0 Å². The highest BCUT2D eigenvalue weighted by Gasteiger charge is 2.36. The maximum Gasteiger partial charge on any atom is 0.252 e. The maximum atomic E-state index is 13.7. The number of aliphatic hydroxyl groups excluding tert-OH is 1. The van der Waals surface area contributed by atoms with Gasteiger partial charge in [-0.1, -0.05) is 83.1 Å². The van der Waals surface area contributed by atoms with E-state index in [1.54, 1.807) is 25.2 Å². The summed E-state index contributed by atoms with van der Waals surface area (Å²) < 4.78 is 28.6. The molecule has 0 aliphatic rings. The summed E-state index contributed by atoms with van der Waals surface area (Å²) >= 11 is 0. The first-order valence-corrected chi connectivity index (χ1v) is 15.2. The van der Waals surface area contributed by atoms with Gasteiger partial charge in [-0.05, 0) is 48.9 Å². The summed E-state index contributed by atoms with van der Waals surface area (Å²) in [6, 6.07) is 16.5. The summed E-state index contributed by atoms with van der Waals surface area (Å²) in [6.45, 7) is 9.69. The monoisotopic (exact) mass is 574 g/mol. The predicted octanol–water partition coefficient (Wildman–Crippen LogP) is 3.21. The van der Waals surface area contributed by atoms with Gasteiger partial charge < -0.3 is 10.4 Å². The lowest BCUT2D eigenvalue weighted by Gasteiger charge is -2.38. The van der Waals surface area contributed by atoms with Gasteiger partial charge in [0.05, 0.1) is 23.6 Å². The Morgan fingerprint density at radius 1 is 0.975 bits per heavy atom. The van der Waals surface area contributed by atoms with Crippen LogP contribution in [0.25, 0.3) is 0 Å². The van der Waals surface area contributed by atoms with Crippen LogP contribution in [0.3, 0.4) is 0 Å². The smallest absolute Gasteiger partial charge is 0.252 e. The Labute approximate surface area is 240 Å². The molecule has 1 unspecified atom stereocenters. The van der Waals surface area contributed by atoms with Gasteiger partial charge in [0.1, 0.15) is 0 Å². The Balaban J connectivity index is 2.52. The molecule has 0 saturated heterocycles. The fourth-order valence-corrected chi connectivity index (χ4v) is 5.74. The summed E-state index contributed by atoms with van der Waals surface area (Å²) in [7, 11) is -2.31. The summed E-state index contributed by atoms with van der Waals surface area (Å²) in [6.07, 6.45) is -0.386. The molecule has 0 saturated carbocycles.